The molecule has 1 amide bonds. The molecule has 1 aromatic heterocycles. The van der Waals surface area contributed by atoms with E-state index in [0.717, 1.165) is 24.0 Å². The molecule has 2 atom stereocenters. The summed E-state index contributed by atoms with van der Waals surface area (Å²) in [5.41, 5.74) is 2.68. The van der Waals surface area contributed by atoms with E-state index in [4.69, 9.17) is 21.1 Å². The number of unbranched alkanes of at least 4 members (excludes halogenated alkanes) is 1. The number of hydrogen-bond donors (Lipinski definition) is 2. The second kappa shape index (κ2) is 12.2. The van der Waals surface area contributed by atoms with Crippen LogP contribution < -0.4 is 20.3 Å². The summed E-state index contributed by atoms with van der Waals surface area (Å²) in [4.78, 5) is 39.0. The highest BCUT2D eigenvalue weighted by Gasteiger charge is 2.27. The molecule has 8 nitrogen and oxygen atoms in total. The highest BCUT2D eigenvalue weighted by molar-refractivity contribution is 6.30. The standard InChI is InChI=1S/C29H31ClN2O6/c1-3-4-5-24(32-16-18(2)12-21(29(32)36)13-19-6-9-22(30)10-7-19)28(35)31-23(15-27(33)34)20-8-11-25-26(14-20)38-17-37-25/h6-12,14,16,23-24H,3-5,13,15,17H2,1-2H3,(H,31,35)(H,33,34). The lowest BCUT2D eigenvalue weighted by Crippen LogP contribution is -2.40. The van der Waals surface area contributed by atoms with Crippen LogP contribution >= 0.6 is 11.6 Å². The minimum absolute atomic E-state index is 0.0858. The quantitative estimate of drug-likeness (QED) is 0.348. The number of carbonyl (C=O) groups is 2. The number of benzene rings is 2. The Labute approximate surface area is 226 Å². The zero-order chi connectivity index (χ0) is 27.2. The SMILES string of the molecule is CCCCC(C(=O)NC(CC(=O)O)c1ccc2c(c1)OCO2)n1cc(C)cc(Cc2ccc(Cl)cc2)c1=O. The van der Waals surface area contributed by atoms with E-state index < -0.39 is 24.0 Å². The summed E-state index contributed by atoms with van der Waals surface area (Å²) < 4.78 is 12.3. The zero-order valence-electron chi connectivity index (χ0n) is 21.4. The van der Waals surface area contributed by atoms with Crippen LogP contribution in [0.5, 0.6) is 11.5 Å². The van der Waals surface area contributed by atoms with Crippen LogP contribution in [0.25, 0.3) is 0 Å². The number of hydrogen-bond acceptors (Lipinski definition) is 5. The first-order valence-electron chi connectivity index (χ1n) is 12.6. The van der Waals surface area contributed by atoms with Crippen molar-refractivity contribution >= 4 is 23.5 Å². The molecule has 0 fully saturated rings. The first-order valence-corrected chi connectivity index (χ1v) is 13.0. The second-order valence-corrected chi connectivity index (χ2v) is 9.92. The minimum atomic E-state index is -1.06. The van der Waals surface area contributed by atoms with Crippen molar-refractivity contribution in [3.05, 3.63) is 92.4 Å². The highest BCUT2D eigenvalue weighted by Crippen LogP contribution is 2.35. The van der Waals surface area contributed by atoms with Crippen LogP contribution in [0.2, 0.25) is 5.02 Å². The maximum atomic E-state index is 13.7. The number of fused-ring (bicyclic) bond motifs is 1. The van der Waals surface area contributed by atoms with Crippen LogP contribution in [-0.2, 0) is 16.0 Å². The summed E-state index contributed by atoms with van der Waals surface area (Å²) in [6, 6.07) is 12.6. The number of ether oxygens (including phenoxy) is 2. The van der Waals surface area contributed by atoms with Gasteiger partial charge in [0.25, 0.3) is 5.56 Å². The van der Waals surface area contributed by atoms with Crippen molar-refractivity contribution in [3.63, 3.8) is 0 Å². The molecular weight excluding hydrogens is 508 g/mol. The maximum absolute atomic E-state index is 13.7. The van der Waals surface area contributed by atoms with Gasteiger partial charge in [0, 0.05) is 23.2 Å². The van der Waals surface area contributed by atoms with Gasteiger partial charge in [0.15, 0.2) is 11.5 Å². The molecule has 38 heavy (non-hydrogen) atoms. The fourth-order valence-electron chi connectivity index (χ4n) is 4.62. The van der Waals surface area contributed by atoms with E-state index in [-0.39, 0.29) is 18.8 Å². The van der Waals surface area contributed by atoms with Gasteiger partial charge in [-0.3, -0.25) is 14.4 Å². The van der Waals surface area contributed by atoms with Crippen LogP contribution in [0.15, 0.2) is 59.5 Å². The maximum Gasteiger partial charge on any atom is 0.305 e. The number of aromatic nitrogens is 1. The van der Waals surface area contributed by atoms with E-state index in [2.05, 4.69) is 5.32 Å². The molecule has 1 aliphatic rings. The van der Waals surface area contributed by atoms with Crippen LogP contribution in [0, 0.1) is 6.92 Å². The van der Waals surface area contributed by atoms with E-state index in [1.807, 2.05) is 32.0 Å². The predicted molar refractivity (Wildman–Crippen MR) is 144 cm³/mol. The van der Waals surface area contributed by atoms with Crippen molar-refractivity contribution in [1.29, 1.82) is 0 Å². The largest absolute Gasteiger partial charge is 0.481 e. The van der Waals surface area contributed by atoms with Crippen molar-refractivity contribution in [3.8, 4) is 11.5 Å². The third kappa shape index (κ3) is 6.55. The van der Waals surface area contributed by atoms with Crippen LogP contribution in [-0.4, -0.2) is 28.3 Å². The molecule has 0 spiro atoms. The average molecular weight is 539 g/mol. The predicted octanol–water partition coefficient (Wildman–Crippen LogP) is 5.19. The van der Waals surface area contributed by atoms with Crippen LogP contribution in [0.1, 0.15) is 66.9 Å². The van der Waals surface area contributed by atoms with Gasteiger partial charge in [-0.2, -0.15) is 0 Å². The number of amides is 1. The number of rotatable bonds is 11. The second-order valence-electron chi connectivity index (χ2n) is 9.49. The Bertz CT molecular complexity index is 1370. The molecule has 9 heteroatoms. The fourth-order valence-corrected chi connectivity index (χ4v) is 4.74. The summed E-state index contributed by atoms with van der Waals surface area (Å²) in [7, 11) is 0. The summed E-state index contributed by atoms with van der Waals surface area (Å²) in [6.45, 7) is 3.98. The van der Waals surface area contributed by atoms with Gasteiger partial charge in [0.2, 0.25) is 12.7 Å². The average Bonchev–Trinajstić information content (AvgIpc) is 3.35. The number of halogens is 1. The molecular formula is C29H31ClN2O6. The summed E-state index contributed by atoms with van der Waals surface area (Å²) >= 11 is 6.01. The number of nitrogens with zero attached hydrogens (tertiary/aromatic N) is 1. The molecule has 0 bridgehead atoms. The smallest absolute Gasteiger partial charge is 0.305 e. The van der Waals surface area contributed by atoms with E-state index in [9.17, 15) is 19.5 Å². The van der Waals surface area contributed by atoms with Crippen LogP contribution in [0.4, 0.5) is 0 Å². The van der Waals surface area contributed by atoms with Crippen molar-refractivity contribution in [2.45, 2.75) is 58.0 Å². The number of pyridine rings is 1. The Kier molecular flexibility index (Phi) is 8.73. The van der Waals surface area contributed by atoms with Gasteiger partial charge in [-0.25, -0.2) is 0 Å². The number of carboxylic acid groups (broad SMARTS) is 1. The van der Waals surface area contributed by atoms with E-state index in [1.54, 1.807) is 36.5 Å². The monoisotopic (exact) mass is 538 g/mol. The topological polar surface area (TPSA) is 107 Å². The minimum Gasteiger partial charge on any atom is -0.481 e. The summed E-state index contributed by atoms with van der Waals surface area (Å²) in [5, 5.41) is 13.1. The fraction of sp³-hybridized carbons (Fsp3) is 0.345. The molecule has 0 saturated heterocycles. The first kappa shape index (κ1) is 27.3. The van der Waals surface area contributed by atoms with Crippen molar-refractivity contribution < 1.29 is 24.2 Å². The number of carbonyl (C=O) groups excluding carboxylic acids is 1. The molecule has 2 aromatic carbocycles. The molecule has 2 N–H and O–H groups in total. The Balaban J connectivity index is 1.65. The third-order valence-electron chi connectivity index (χ3n) is 6.53. The number of nitrogens with one attached hydrogen (secondary N) is 1. The molecule has 1 aliphatic heterocycles. The number of carboxylic acids is 1. The van der Waals surface area contributed by atoms with Gasteiger partial charge in [0.05, 0.1) is 12.5 Å². The molecule has 3 aromatic rings. The summed E-state index contributed by atoms with van der Waals surface area (Å²) in [5.74, 6) is -0.408. The van der Waals surface area contributed by atoms with Gasteiger partial charge in [-0.1, -0.05) is 49.6 Å². The van der Waals surface area contributed by atoms with Crippen molar-refractivity contribution in [2.24, 2.45) is 0 Å². The van der Waals surface area contributed by atoms with E-state index in [0.29, 0.717) is 40.5 Å². The number of aliphatic carboxylic acids is 1. The molecule has 0 saturated carbocycles. The first-order chi connectivity index (χ1) is 18.2. The van der Waals surface area contributed by atoms with Gasteiger partial charge < -0.3 is 24.5 Å². The van der Waals surface area contributed by atoms with E-state index >= 15 is 0 Å². The zero-order valence-corrected chi connectivity index (χ0v) is 22.2. The Hall–Kier alpha value is -3.78. The lowest BCUT2D eigenvalue weighted by molar-refractivity contribution is -0.138. The van der Waals surface area contributed by atoms with Gasteiger partial charge in [0.1, 0.15) is 6.04 Å². The lowest BCUT2D eigenvalue weighted by Gasteiger charge is -2.24. The number of aryl methyl sites for hydroxylation is 1. The molecule has 0 radical (unpaired) electrons. The molecule has 4 rings (SSSR count). The van der Waals surface area contributed by atoms with Gasteiger partial charge in [-0.05, 0) is 60.4 Å². The molecule has 0 aliphatic carbocycles. The molecule has 2 unspecified atom stereocenters. The normalized spacial score (nSPS) is 13.7. The Morgan fingerprint density at radius 2 is 1.84 bits per heavy atom. The highest BCUT2D eigenvalue weighted by atomic mass is 35.5. The van der Waals surface area contributed by atoms with Gasteiger partial charge >= 0.3 is 5.97 Å². The van der Waals surface area contributed by atoms with Crippen molar-refractivity contribution in [1.82, 2.24) is 9.88 Å². The van der Waals surface area contributed by atoms with Crippen LogP contribution in [0.3, 0.4) is 0 Å². The summed E-state index contributed by atoms with van der Waals surface area (Å²) in [6.07, 6.45) is 3.77. The Morgan fingerprint density at radius 3 is 2.55 bits per heavy atom. The Morgan fingerprint density at radius 1 is 1.11 bits per heavy atom. The molecule has 200 valence electrons. The molecule has 2 heterocycles. The van der Waals surface area contributed by atoms with E-state index in [1.165, 1.54) is 4.57 Å². The van der Waals surface area contributed by atoms with Gasteiger partial charge in [-0.15, -0.1) is 0 Å². The van der Waals surface area contributed by atoms with Crippen molar-refractivity contribution in [2.75, 3.05) is 6.79 Å². The third-order valence-corrected chi connectivity index (χ3v) is 6.78. The lowest BCUT2D eigenvalue weighted by atomic mass is 10.0.